The third-order valence-corrected chi connectivity index (χ3v) is 3.63. The first-order valence-electron chi connectivity index (χ1n) is 7.12. The first-order valence-corrected chi connectivity index (χ1v) is 7.49. The minimum absolute atomic E-state index is 0.454. The zero-order valence-corrected chi connectivity index (χ0v) is 14.0. The minimum Gasteiger partial charge on any atom is -0.476 e. The van der Waals surface area contributed by atoms with Gasteiger partial charge in [-0.2, -0.15) is 0 Å². The molecule has 0 amide bonds. The number of halogens is 1. The second kappa shape index (κ2) is 7.27. The second-order valence-electron chi connectivity index (χ2n) is 5.58. The summed E-state index contributed by atoms with van der Waals surface area (Å²) >= 11 is 5.88. The summed E-state index contributed by atoms with van der Waals surface area (Å²) in [4.78, 5) is 25.7. The van der Waals surface area contributed by atoms with Gasteiger partial charge in [0.1, 0.15) is 5.75 Å². The van der Waals surface area contributed by atoms with E-state index in [0.717, 1.165) is 16.7 Å². The Morgan fingerprint density at radius 1 is 1.04 bits per heavy atom. The average molecular weight is 346 g/mol. The topological polar surface area (TPSA) is 65.0 Å². The second-order valence-corrected chi connectivity index (χ2v) is 6.01. The molecule has 0 aromatic heterocycles. The van der Waals surface area contributed by atoms with Crippen LogP contribution in [0.5, 0.6) is 5.75 Å². The number of rotatable bonds is 6. The van der Waals surface area contributed by atoms with Crippen molar-refractivity contribution in [1.29, 1.82) is 0 Å². The van der Waals surface area contributed by atoms with E-state index in [2.05, 4.69) is 16.8 Å². The predicted molar refractivity (Wildman–Crippen MR) is 92.6 cm³/mol. The van der Waals surface area contributed by atoms with Gasteiger partial charge >= 0.3 is 5.97 Å². The highest BCUT2D eigenvalue weighted by atomic mass is 35.5. The molecule has 0 N–H and O–H groups in total. The molecular formula is C18H16ClNO4. The van der Waals surface area contributed by atoms with Crippen LogP contribution in [-0.2, 0) is 9.63 Å². The van der Waals surface area contributed by atoms with E-state index in [0.29, 0.717) is 10.8 Å². The van der Waals surface area contributed by atoms with Gasteiger partial charge in [0.15, 0.2) is 5.34 Å². The highest BCUT2D eigenvalue weighted by molar-refractivity contribution is 6.30. The summed E-state index contributed by atoms with van der Waals surface area (Å²) in [5, 5.41) is 2.78. The Balaban J connectivity index is 2.13. The van der Waals surface area contributed by atoms with E-state index in [1.807, 2.05) is 24.3 Å². The fraction of sp³-hybridized carbons (Fsp3) is 0.167. The summed E-state index contributed by atoms with van der Waals surface area (Å²) in [6.07, 6.45) is 0. The summed E-state index contributed by atoms with van der Waals surface area (Å²) < 4.78 is 5.55. The Hall–Kier alpha value is -2.66. The van der Waals surface area contributed by atoms with Crippen LogP contribution in [0.25, 0.3) is 5.57 Å². The number of carbonyl (C=O) groups excluding carboxylic acids is 1. The van der Waals surface area contributed by atoms with Gasteiger partial charge in [0.25, 0.3) is 0 Å². The largest absolute Gasteiger partial charge is 0.476 e. The van der Waals surface area contributed by atoms with Gasteiger partial charge in [-0.05, 0) is 54.8 Å². The van der Waals surface area contributed by atoms with Crippen LogP contribution < -0.4 is 4.74 Å². The number of nitrogens with zero attached hydrogens (tertiary/aromatic N) is 1. The number of hydrogen-bond donors (Lipinski definition) is 0. The van der Waals surface area contributed by atoms with Crippen molar-refractivity contribution in [2.75, 3.05) is 0 Å². The Morgan fingerprint density at radius 3 is 2.04 bits per heavy atom. The van der Waals surface area contributed by atoms with Crippen molar-refractivity contribution in [2.45, 2.75) is 19.4 Å². The summed E-state index contributed by atoms with van der Waals surface area (Å²) in [7, 11) is 0. The normalized spacial score (nSPS) is 10.8. The lowest BCUT2D eigenvalue weighted by Crippen LogP contribution is -2.38. The van der Waals surface area contributed by atoms with E-state index in [4.69, 9.17) is 16.3 Å². The highest BCUT2D eigenvalue weighted by Gasteiger charge is 2.33. The number of carbonyl (C=O) groups is 1. The van der Waals surface area contributed by atoms with Crippen LogP contribution in [0.3, 0.4) is 0 Å². The maximum atomic E-state index is 11.6. The van der Waals surface area contributed by atoms with Gasteiger partial charge in [-0.25, -0.2) is 4.79 Å². The van der Waals surface area contributed by atoms with Crippen LogP contribution in [0.2, 0.25) is 5.02 Å². The number of hydrogen-bond acceptors (Lipinski definition) is 5. The van der Waals surface area contributed by atoms with Crippen molar-refractivity contribution in [2.24, 2.45) is 5.34 Å². The fourth-order valence-electron chi connectivity index (χ4n) is 2.02. The van der Waals surface area contributed by atoms with Crippen molar-refractivity contribution in [3.05, 3.63) is 76.2 Å². The molecule has 124 valence electrons. The maximum absolute atomic E-state index is 11.6. The molecule has 2 aromatic carbocycles. The molecule has 24 heavy (non-hydrogen) atoms. The van der Waals surface area contributed by atoms with Gasteiger partial charge in [-0.1, -0.05) is 42.4 Å². The molecule has 5 nitrogen and oxygen atoms in total. The molecule has 6 heteroatoms. The number of benzene rings is 2. The highest BCUT2D eigenvalue weighted by Crippen LogP contribution is 2.26. The summed E-state index contributed by atoms with van der Waals surface area (Å²) in [6.45, 7) is 7.05. The van der Waals surface area contributed by atoms with Crippen LogP contribution in [0.15, 0.2) is 60.5 Å². The smallest absolute Gasteiger partial charge is 0.381 e. The molecule has 0 aliphatic carbocycles. The van der Waals surface area contributed by atoms with Crippen molar-refractivity contribution in [3.63, 3.8) is 0 Å². The third-order valence-electron chi connectivity index (χ3n) is 3.38. The molecule has 2 rings (SSSR count). The fourth-order valence-corrected chi connectivity index (χ4v) is 2.15. The quantitative estimate of drug-likeness (QED) is 0.558. The zero-order chi connectivity index (χ0) is 17.7. The predicted octanol–water partition coefficient (Wildman–Crippen LogP) is 4.78. The monoisotopic (exact) mass is 345 g/mol. The minimum atomic E-state index is -1.33. The van der Waals surface area contributed by atoms with E-state index < -0.39 is 11.6 Å². The molecule has 0 bridgehead atoms. The van der Waals surface area contributed by atoms with Crippen molar-refractivity contribution >= 4 is 23.1 Å². The molecule has 0 unspecified atom stereocenters. The first kappa shape index (κ1) is 17.7. The molecule has 0 aliphatic rings. The van der Waals surface area contributed by atoms with E-state index in [1.54, 1.807) is 24.3 Å². The zero-order valence-electron chi connectivity index (χ0n) is 13.3. The van der Waals surface area contributed by atoms with Crippen LogP contribution in [0, 0.1) is 4.91 Å². The van der Waals surface area contributed by atoms with E-state index >= 15 is 0 Å². The lowest BCUT2D eigenvalue weighted by atomic mass is 10.00. The third kappa shape index (κ3) is 4.20. The van der Waals surface area contributed by atoms with Gasteiger partial charge in [0, 0.05) is 5.02 Å². The van der Waals surface area contributed by atoms with Gasteiger partial charge in [0.2, 0.25) is 5.60 Å². The Bertz CT molecular complexity index is 752. The van der Waals surface area contributed by atoms with Crippen molar-refractivity contribution in [3.8, 4) is 5.75 Å². The first-order chi connectivity index (χ1) is 11.3. The van der Waals surface area contributed by atoms with Gasteiger partial charge in [-0.15, -0.1) is 4.91 Å². The summed E-state index contributed by atoms with van der Waals surface area (Å²) in [5.74, 6) is -0.414. The standard InChI is InChI=1S/C18H16ClNO4/c1-12(13-4-8-15(19)9-5-13)14-6-10-16(11-7-14)23-18(2,3)17(21)24-20-22/h4-11H,1H2,2-3H3. The SMILES string of the molecule is C=C(c1ccc(Cl)cc1)c1ccc(OC(C)(C)C(=O)ON=O)cc1. The summed E-state index contributed by atoms with van der Waals surface area (Å²) in [6, 6.07) is 14.4. The molecule has 0 fully saturated rings. The van der Waals surface area contributed by atoms with Gasteiger partial charge in [-0.3, -0.25) is 4.84 Å². The van der Waals surface area contributed by atoms with Crippen molar-refractivity contribution < 1.29 is 14.4 Å². The van der Waals surface area contributed by atoms with Crippen LogP contribution in [0.1, 0.15) is 25.0 Å². The molecule has 0 saturated heterocycles. The molecular weight excluding hydrogens is 330 g/mol. The lowest BCUT2D eigenvalue weighted by molar-refractivity contribution is -0.159. The van der Waals surface area contributed by atoms with Gasteiger partial charge in [0.05, 0.1) is 0 Å². The van der Waals surface area contributed by atoms with Crippen LogP contribution >= 0.6 is 11.6 Å². The van der Waals surface area contributed by atoms with E-state index in [-0.39, 0.29) is 0 Å². The molecule has 0 radical (unpaired) electrons. The molecule has 0 aliphatic heterocycles. The maximum Gasteiger partial charge on any atom is 0.381 e. The molecule has 0 saturated carbocycles. The molecule has 2 aromatic rings. The van der Waals surface area contributed by atoms with Gasteiger partial charge < -0.3 is 4.74 Å². The average Bonchev–Trinajstić information content (AvgIpc) is 2.55. The van der Waals surface area contributed by atoms with Crippen molar-refractivity contribution in [1.82, 2.24) is 0 Å². The molecule has 0 spiro atoms. The van der Waals surface area contributed by atoms with E-state index in [9.17, 15) is 9.70 Å². The molecule has 0 heterocycles. The Morgan fingerprint density at radius 2 is 1.54 bits per heavy atom. The van der Waals surface area contributed by atoms with Crippen LogP contribution in [0.4, 0.5) is 0 Å². The lowest BCUT2D eigenvalue weighted by Gasteiger charge is -2.22. The Labute approximate surface area is 144 Å². The van der Waals surface area contributed by atoms with E-state index in [1.165, 1.54) is 13.8 Å². The molecule has 0 atom stereocenters. The van der Waals surface area contributed by atoms with Crippen LogP contribution in [-0.4, -0.2) is 11.6 Å². The summed E-state index contributed by atoms with van der Waals surface area (Å²) in [5.41, 5.74) is 1.36. The Kier molecular flexibility index (Phi) is 5.36. The number of ether oxygens (including phenoxy) is 1.